The summed E-state index contributed by atoms with van der Waals surface area (Å²) >= 11 is 0. The maximum Gasteiger partial charge on any atom is 0.127 e. The Kier molecular flexibility index (Phi) is 5.53. The van der Waals surface area contributed by atoms with Crippen molar-refractivity contribution in [3.8, 4) is 22.6 Å². The normalized spacial score (nSPS) is 13.5. The Morgan fingerprint density at radius 3 is 2.24 bits per heavy atom. The molecule has 4 rings (SSSR count). The molecule has 0 aromatic heterocycles. The van der Waals surface area contributed by atoms with Crippen molar-refractivity contribution in [2.75, 3.05) is 7.11 Å². The second kappa shape index (κ2) is 8.40. The van der Waals surface area contributed by atoms with Crippen LogP contribution >= 0.6 is 0 Å². The Morgan fingerprint density at radius 1 is 0.759 bits per heavy atom. The predicted molar refractivity (Wildman–Crippen MR) is 120 cm³/mol. The van der Waals surface area contributed by atoms with E-state index >= 15 is 0 Å². The topological polar surface area (TPSA) is 18.5 Å². The SMILES string of the molecule is COc1ccc(C2=CC(Oc3ccccc3)=CCC2)c(-c2cc(C)cc(C)c2)c1. The summed E-state index contributed by atoms with van der Waals surface area (Å²) in [5, 5.41) is 0. The van der Waals surface area contributed by atoms with Gasteiger partial charge in [-0.25, -0.2) is 0 Å². The van der Waals surface area contributed by atoms with Crippen LogP contribution in [0.3, 0.4) is 0 Å². The van der Waals surface area contributed by atoms with Gasteiger partial charge in [-0.1, -0.05) is 53.6 Å². The van der Waals surface area contributed by atoms with Crippen LogP contribution in [0.15, 0.2) is 84.6 Å². The highest BCUT2D eigenvalue weighted by Gasteiger charge is 2.15. The number of aryl methyl sites for hydroxylation is 2. The minimum Gasteiger partial charge on any atom is -0.497 e. The van der Waals surface area contributed by atoms with Crippen LogP contribution in [0, 0.1) is 13.8 Å². The van der Waals surface area contributed by atoms with Gasteiger partial charge in [0.25, 0.3) is 0 Å². The van der Waals surface area contributed by atoms with Gasteiger partial charge in [0.1, 0.15) is 17.3 Å². The largest absolute Gasteiger partial charge is 0.497 e. The smallest absolute Gasteiger partial charge is 0.127 e. The molecule has 0 amide bonds. The van der Waals surface area contributed by atoms with E-state index in [1.165, 1.54) is 33.4 Å². The summed E-state index contributed by atoms with van der Waals surface area (Å²) in [6.45, 7) is 4.29. The number of methoxy groups -OCH3 is 1. The number of benzene rings is 3. The van der Waals surface area contributed by atoms with E-state index in [-0.39, 0.29) is 0 Å². The summed E-state index contributed by atoms with van der Waals surface area (Å²) in [6.07, 6.45) is 6.29. The third kappa shape index (κ3) is 4.43. The van der Waals surface area contributed by atoms with Crippen LogP contribution < -0.4 is 9.47 Å². The van der Waals surface area contributed by atoms with Gasteiger partial charge in [0.15, 0.2) is 0 Å². The highest BCUT2D eigenvalue weighted by atomic mass is 16.5. The van der Waals surface area contributed by atoms with Gasteiger partial charge >= 0.3 is 0 Å². The van der Waals surface area contributed by atoms with Gasteiger partial charge in [0.2, 0.25) is 0 Å². The van der Waals surface area contributed by atoms with Gasteiger partial charge in [-0.3, -0.25) is 0 Å². The molecule has 1 aliphatic carbocycles. The molecule has 29 heavy (non-hydrogen) atoms. The van der Waals surface area contributed by atoms with Gasteiger partial charge in [0, 0.05) is 0 Å². The molecule has 0 heterocycles. The molecule has 0 saturated carbocycles. The average molecular weight is 383 g/mol. The van der Waals surface area contributed by atoms with E-state index in [2.05, 4.69) is 56.3 Å². The standard InChI is InChI=1S/C27H26O2/c1-19-14-20(2)16-22(15-19)27-18-24(28-3)12-13-26(27)21-8-7-11-25(17-21)29-23-9-5-4-6-10-23/h4-6,9-18H,7-8H2,1-3H3. The fourth-order valence-electron chi connectivity index (χ4n) is 3.88. The van der Waals surface area contributed by atoms with E-state index in [9.17, 15) is 0 Å². The summed E-state index contributed by atoms with van der Waals surface area (Å²) in [5.74, 6) is 2.63. The molecule has 0 radical (unpaired) electrons. The Labute approximate surface area is 173 Å². The first-order valence-electron chi connectivity index (χ1n) is 10.0. The molecule has 3 aromatic rings. The summed E-state index contributed by atoms with van der Waals surface area (Å²) < 4.78 is 11.6. The quantitative estimate of drug-likeness (QED) is 0.468. The number of rotatable bonds is 5. The van der Waals surface area contributed by atoms with Crippen LogP contribution in [0.5, 0.6) is 11.5 Å². The van der Waals surface area contributed by atoms with Crippen molar-refractivity contribution in [3.63, 3.8) is 0 Å². The van der Waals surface area contributed by atoms with E-state index in [0.29, 0.717) is 0 Å². The van der Waals surface area contributed by atoms with Crippen molar-refractivity contribution in [3.05, 3.63) is 101 Å². The lowest BCUT2D eigenvalue weighted by atomic mass is 9.89. The summed E-state index contributed by atoms with van der Waals surface area (Å²) in [4.78, 5) is 0. The number of hydrogen-bond donors (Lipinski definition) is 0. The molecule has 0 aliphatic heterocycles. The second-order valence-electron chi connectivity index (χ2n) is 7.52. The van der Waals surface area contributed by atoms with Crippen LogP contribution in [0.4, 0.5) is 0 Å². The Hall–Kier alpha value is -3.26. The molecule has 146 valence electrons. The molecule has 0 unspecified atom stereocenters. The molecule has 0 N–H and O–H groups in total. The van der Waals surface area contributed by atoms with Gasteiger partial charge in [-0.15, -0.1) is 0 Å². The van der Waals surface area contributed by atoms with Crippen molar-refractivity contribution in [2.45, 2.75) is 26.7 Å². The number of ether oxygens (including phenoxy) is 2. The van der Waals surface area contributed by atoms with Crippen LogP contribution in [0.1, 0.15) is 29.5 Å². The average Bonchev–Trinajstić information content (AvgIpc) is 2.73. The monoisotopic (exact) mass is 382 g/mol. The minimum absolute atomic E-state index is 0.862. The highest BCUT2D eigenvalue weighted by Crippen LogP contribution is 2.37. The van der Waals surface area contributed by atoms with Crippen molar-refractivity contribution in [1.29, 1.82) is 0 Å². The number of allylic oxidation sites excluding steroid dienone is 3. The first-order chi connectivity index (χ1) is 14.1. The lowest BCUT2D eigenvalue weighted by Gasteiger charge is -2.19. The van der Waals surface area contributed by atoms with E-state index in [0.717, 1.165) is 30.1 Å². The van der Waals surface area contributed by atoms with Crippen LogP contribution in [-0.2, 0) is 0 Å². The third-order valence-corrected chi connectivity index (χ3v) is 5.16. The molecular weight excluding hydrogens is 356 g/mol. The first-order valence-corrected chi connectivity index (χ1v) is 10.0. The van der Waals surface area contributed by atoms with E-state index in [1.54, 1.807) is 7.11 Å². The second-order valence-corrected chi connectivity index (χ2v) is 7.52. The Morgan fingerprint density at radius 2 is 1.52 bits per heavy atom. The summed E-state index contributed by atoms with van der Waals surface area (Å²) in [5.41, 5.74) is 7.47. The maximum atomic E-state index is 6.10. The zero-order valence-electron chi connectivity index (χ0n) is 17.2. The molecule has 0 bridgehead atoms. The fourth-order valence-corrected chi connectivity index (χ4v) is 3.88. The lowest BCUT2D eigenvalue weighted by Crippen LogP contribution is -2.00. The maximum absolute atomic E-state index is 6.10. The van der Waals surface area contributed by atoms with E-state index in [1.807, 2.05) is 36.4 Å². The molecule has 0 spiro atoms. The first kappa shape index (κ1) is 19.1. The molecule has 2 nitrogen and oxygen atoms in total. The molecule has 3 aromatic carbocycles. The summed E-state index contributed by atoms with van der Waals surface area (Å²) in [6, 6.07) is 23.0. The van der Waals surface area contributed by atoms with Crippen LogP contribution in [0.2, 0.25) is 0 Å². The highest BCUT2D eigenvalue weighted by molar-refractivity contribution is 5.84. The van der Waals surface area contributed by atoms with Crippen LogP contribution in [-0.4, -0.2) is 7.11 Å². The lowest BCUT2D eigenvalue weighted by molar-refractivity contribution is 0.415. The van der Waals surface area contributed by atoms with Gasteiger partial charge < -0.3 is 9.47 Å². The van der Waals surface area contributed by atoms with Crippen molar-refractivity contribution in [2.24, 2.45) is 0 Å². The number of hydrogen-bond acceptors (Lipinski definition) is 2. The Balaban J connectivity index is 1.75. The molecule has 2 heteroatoms. The zero-order chi connectivity index (χ0) is 20.2. The van der Waals surface area contributed by atoms with Crippen molar-refractivity contribution >= 4 is 5.57 Å². The summed E-state index contributed by atoms with van der Waals surface area (Å²) in [7, 11) is 1.72. The molecule has 1 aliphatic rings. The third-order valence-electron chi connectivity index (χ3n) is 5.16. The van der Waals surface area contributed by atoms with Gasteiger partial charge in [-0.2, -0.15) is 0 Å². The van der Waals surface area contributed by atoms with Crippen molar-refractivity contribution < 1.29 is 9.47 Å². The minimum atomic E-state index is 0.862. The molecule has 0 saturated heterocycles. The number of para-hydroxylation sites is 1. The Bertz CT molecular complexity index is 1050. The molecular formula is C27H26O2. The van der Waals surface area contributed by atoms with Crippen LogP contribution in [0.25, 0.3) is 16.7 Å². The zero-order valence-corrected chi connectivity index (χ0v) is 17.2. The van der Waals surface area contributed by atoms with Gasteiger partial charge in [-0.05, 0) is 85.4 Å². The van der Waals surface area contributed by atoms with Gasteiger partial charge in [0.05, 0.1) is 7.11 Å². The molecule has 0 atom stereocenters. The van der Waals surface area contributed by atoms with E-state index < -0.39 is 0 Å². The molecule has 0 fully saturated rings. The predicted octanol–water partition coefficient (Wildman–Crippen LogP) is 7.12. The van der Waals surface area contributed by atoms with Crippen molar-refractivity contribution in [1.82, 2.24) is 0 Å². The van der Waals surface area contributed by atoms with E-state index in [4.69, 9.17) is 9.47 Å². The fraction of sp³-hybridized carbons (Fsp3) is 0.185.